The first-order valence-corrected chi connectivity index (χ1v) is 7.91. The summed E-state index contributed by atoms with van der Waals surface area (Å²) < 4.78 is 0. The van der Waals surface area contributed by atoms with E-state index in [0.29, 0.717) is 12.1 Å². The molecule has 2 N–H and O–H groups in total. The number of hydrogen-bond donors (Lipinski definition) is 2. The van der Waals surface area contributed by atoms with E-state index in [2.05, 4.69) is 22.8 Å². The van der Waals surface area contributed by atoms with Crippen LogP contribution in [0.4, 0.5) is 5.69 Å². The SMILES string of the molecule is Cc1cccc([N+](=O)[O-])c1C(=O)NCC1NCCc2ccccc21. The monoisotopic (exact) mass is 325 g/mol. The van der Waals surface area contributed by atoms with E-state index < -0.39 is 10.8 Å². The van der Waals surface area contributed by atoms with E-state index in [1.807, 2.05) is 12.1 Å². The Hall–Kier alpha value is -2.73. The lowest BCUT2D eigenvalue weighted by molar-refractivity contribution is -0.385. The van der Waals surface area contributed by atoms with Gasteiger partial charge in [-0.05, 0) is 36.6 Å². The van der Waals surface area contributed by atoms with Crippen molar-refractivity contribution in [2.24, 2.45) is 0 Å². The summed E-state index contributed by atoms with van der Waals surface area (Å²) in [6, 6.07) is 12.8. The zero-order valence-electron chi connectivity index (χ0n) is 13.4. The lowest BCUT2D eigenvalue weighted by Crippen LogP contribution is -2.39. The van der Waals surface area contributed by atoms with Crippen molar-refractivity contribution in [3.8, 4) is 0 Å². The van der Waals surface area contributed by atoms with Crippen LogP contribution in [-0.4, -0.2) is 23.9 Å². The highest BCUT2D eigenvalue weighted by Crippen LogP contribution is 2.24. The minimum absolute atomic E-state index is 0.0157. The fraction of sp³-hybridized carbons (Fsp3) is 0.278. The summed E-state index contributed by atoms with van der Waals surface area (Å²) in [6.07, 6.45) is 0.962. The summed E-state index contributed by atoms with van der Waals surface area (Å²) in [4.78, 5) is 23.1. The number of fused-ring (bicyclic) bond motifs is 1. The van der Waals surface area contributed by atoms with E-state index in [4.69, 9.17) is 0 Å². The summed E-state index contributed by atoms with van der Waals surface area (Å²) in [6.45, 7) is 2.94. The molecular weight excluding hydrogens is 306 g/mol. The zero-order valence-corrected chi connectivity index (χ0v) is 13.4. The number of rotatable bonds is 4. The summed E-state index contributed by atoms with van der Waals surface area (Å²) in [5.41, 5.74) is 3.01. The Morgan fingerprint density at radius 2 is 2.08 bits per heavy atom. The molecule has 1 heterocycles. The van der Waals surface area contributed by atoms with E-state index in [1.54, 1.807) is 19.1 Å². The maximum absolute atomic E-state index is 12.5. The number of carbonyl (C=O) groups is 1. The first-order chi connectivity index (χ1) is 11.6. The van der Waals surface area contributed by atoms with Crippen LogP contribution in [0.2, 0.25) is 0 Å². The van der Waals surface area contributed by atoms with Gasteiger partial charge in [0.2, 0.25) is 0 Å². The lowest BCUT2D eigenvalue weighted by Gasteiger charge is -2.27. The van der Waals surface area contributed by atoms with Gasteiger partial charge in [0.05, 0.1) is 4.92 Å². The minimum Gasteiger partial charge on any atom is -0.350 e. The molecule has 0 aliphatic carbocycles. The molecule has 0 saturated heterocycles. The van der Waals surface area contributed by atoms with Gasteiger partial charge in [-0.3, -0.25) is 14.9 Å². The molecule has 1 atom stereocenters. The molecule has 0 saturated carbocycles. The van der Waals surface area contributed by atoms with Crippen LogP contribution in [0.25, 0.3) is 0 Å². The molecular formula is C18H19N3O3. The van der Waals surface area contributed by atoms with Crippen molar-refractivity contribution < 1.29 is 9.72 Å². The number of benzene rings is 2. The maximum atomic E-state index is 12.5. The molecule has 124 valence electrons. The Kier molecular flexibility index (Phi) is 4.57. The first kappa shape index (κ1) is 16.1. The van der Waals surface area contributed by atoms with Crippen LogP contribution in [0.5, 0.6) is 0 Å². The predicted molar refractivity (Wildman–Crippen MR) is 91.1 cm³/mol. The summed E-state index contributed by atoms with van der Waals surface area (Å²) in [5.74, 6) is -0.412. The second-order valence-electron chi connectivity index (χ2n) is 5.89. The van der Waals surface area contributed by atoms with E-state index in [-0.39, 0.29) is 17.3 Å². The van der Waals surface area contributed by atoms with Crippen LogP contribution in [-0.2, 0) is 6.42 Å². The highest BCUT2D eigenvalue weighted by atomic mass is 16.6. The number of nitrogens with one attached hydrogen (secondary N) is 2. The molecule has 2 aromatic rings. The van der Waals surface area contributed by atoms with Gasteiger partial charge in [0.1, 0.15) is 5.56 Å². The fourth-order valence-electron chi connectivity index (χ4n) is 3.16. The summed E-state index contributed by atoms with van der Waals surface area (Å²) in [7, 11) is 0. The number of nitro benzene ring substituents is 1. The van der Waals surface area contributed by atoms with Gasteiger partial charge < -0.3 is 10.6 Å². The van der Waals surface area contributed by atoms with Crippen LogP contribution in [0.3, 0.4) is 0 Å². The van der Waals surface area contributed by atoms with Gasteiger partial charge in [-0.1, -0.05) is 36.4 Å². The third-order valence-electron chi connectivity index (χ3n) is 4.36. The summed E-state index contributed by atoms with van der Waals surface area (Å²) >= 11 is 0. The van der Waals surface area contributed by atoms with Crippen molar-refractivity contribution in [2.75, 3.05) is 13.1 Å². The van der Waals surface area contributed by atoms with Crippen molar-refractivity contribution >= 4 is 11.6 Å². The second kappa shape index (κ2) is 6.80. The summed E-state index contributed by atoms with van der Waals surface area (Å²) in [5, 5.41) is 17.4. The van der Waals surface area contributed by atoms with E-state index in [1.165, 1.54) is 17.2 Å². The third kappa shape index (κ3) is 3.14. The number of nitro groups is 1. The molecule has 0 aromatic heterocycles. The van der Waals surface area contributed by atoms with Gasteiger partial charge in [-0.25, -0.2) is 0 Å². The molecule has 0 radical (unpaired) electrons. The van der Waals surface area contributed by atoms with Crippen LogP contribution in [0.1, 0.15) is 33.1 Å². The number of amides is 1. The van der Waals surface area contributed by atoms with Crippen LogP contribution in [0.15, 0.2) is 42.5 Å². The van der Waals surface area contributed by atoms with Gasteiger partial charge in [0, 0.05) is 18.7 Å². The molecule has 1 aliphatic heterocycles. The number of aryl methyl sites for hydroxylation is 1. The zero-order chi connectivity index (χ0) is 17.1. The molecule has 0 fully saturated rings. The molecule has 1 aliphatic rings. The van der Waals surface area contributed by atoms with Gasteiger partial charge in [-0.15, -0.1) is 0 Å². The molecule has 1 amide bonds. The van der Waals surface area contributed by atoms with Crippen molar-refractivity contribution in [3.05, 3.63) is 74.8 Å². The Labute approximate surface area is 140 Å². The largest absolute Gasteiger partial charge is 0.350 e. The fourth-order valence-corrected chi connectivity index (χ4v) is 3.16. The van der Waals surface area contributed by atoms with Crippen molar-refractivity contribution in [1.82, 2.24) is 10.6 Å². The molecule has 2 aromatic carbocycles. The number of carbonyl (C=O) groups excluding carboxylic acids is 1. The van der Waals surface area contributed by atoms with E-state index in [0.717, 1.165) is 13.0 Å². The lowest BCUT2D eigenvalue weighted by atomic mass is 9.94. The van der Waals surface area contributed by atoms with Gasteiger partial charge >= 0.3 is 0 Å². The first-order valence-electron chi connectivity index (χ1n) is 7.91. The highest BCUT2D eigenvalue weighted by molar-refractivity contribution is 5.99. The standard InChI is InChI=1S/C18H19N3O3/c1-12-5-4-8-16(21(23)24)17(12)18(22)20-11-15-14-7-3-2-6-13(14)9-10-19-15/h2-8,15,19H,9-11H2,1H3,(H,20,22). The Balaban J connectivity index is 1.77. The molecule has 0 bridgehead atoms. The molecule has 0 spiro atoms. The normalized spacial score (nSPS) is 16.3. The van der Waals surface area contributed by atoms with Gasteiger partial charge in [0.25, 0.3) is 11.6 Å². The molecule has 1 unspecified atom stereocenters. The Morgan fingerprint density at radius 3 is 2.88 bits per heavy atom. The van der Waals surface area contributed by atoms with Crippen LogP contribution in [0, 0.1) is 17.0 Å². The predicted octanol–water partition coefficient (Wildman–Crippen LogP) is 2.52. The minimum atomic E-state index is -0.518. The second-order valence-corrected chi connectivity index (χ2v) is 5.89. The van der Waals surface area contributed by atoms with E-state index >= 15 is 0 Å². The smallest absolute Gasteiger partial charge is 0.282 e. The maximum Gasteiger partial charge on any atom is 0.282 e. The average molecular weight is 325 g/mol. The number of hydrogen-bond acceptors (Lipinski definition) is 4. The Bertz CT molecular complexity index is 789. The third-order valence-corrected chi connectivity index (χ3v) is 4.36. The Morgan fingerprint density at radius 1 is 1.29 bits per heavy atom. The average Bonchev–Trinajstić information content (AvgIpc) is 2.59. The van der Waals surface area contributed by atoms with Crippen molar-refractivity contribution in [1.29, 1.82) is 0 Å². The molecule has 24 heavy (non-hydrogen) atoms. The highest BCUT2D eigenvalue weighted by Gasteiger charge is 2.24. The van der Waals surface area contributed by atoms with Gasteiger partial charge in [-0.2, -0.15) is 0 Å². The van der Waals surface area contributed by atoms with Crippen LogP contribution < -0.4 is 10.6 Å². The molecule has 6 heteroatoms. The number of nitrogens with zero attached hydrogens (tertiary/aromatic N) is 1. The van der Waals surface area contributed by atoms with Gasteiger partial charge in [0.15, 0.2) is 0 Å². The molecule has 3 rings (SSSR count). The van der Waals surface area contributed by atoms with Crippen molar-refractivity contribution in [2.45, 2.75) is 19.4 Å². The topological polar surface area (TPSA) is 84.3 Å². The van der Waals surface area contributed by atoms with Crippen molar-refractivity contribution in [3.63, 3.8) is 0 Å². The van der Waals surface area contributed by atoms with Crippen LogP contribution >= 0.6 is 0 Å². The van der Waals surface area contributed by atoms with E-state index in [9.17, 15) is 14.9 Å². The quantitative estimate of drug-likeness (QED) is 0.668. The molecule has 6 nitrogen and oxygen atoms in total.